The molecule has 2 amide bonds. The molecule has 0 fully saturated rings. The maximum Gasteiger partial charge on any atom is 0.425 e. The minimum atomic E-state index is -4.56. The standard InChI is InChI=1S/C20H10BrClF4N2O2S/c21-8-5-11-16(17(28-18(11)29)10-7-9(23)1-2-12(10)22)13(6-8)27-19(30)14-3-4-15(31-14)20(24,25)26/h1-7,17H,(H,27,30)(H,28,29). The van der Waals surface area contributed by atoms with Crippen LogP contribution in [-0.4, -0.2) is 11.8 Å². The normalized spacial score (nSPS) is 15.5. The van der Waals surface area contributed by atoms with Gasteiger partial charge < -0.3 is 10.6 Å². The van der Waals surface area contributed by atoms with E-state index in [0.717, 1.165) is 12.1 Å². The van der Waals surface area contributed by atoms with E-state index in [4.69, 9.17) is 11.6 Å². The summed E-state index contributed by atoms with van der Waals surface area (Å²) in [7, 11) is 0. The minimum absolute atomic E-state index is 0.154. The lowest BCUT2D eigenvalue weighted by Crippen LogP contribution is -2.21. The van der Waals surface area contributed by atoms with Crippen LogP contribution < -0.4 is 10.6 Å². The average Bonchev–Trinajstić information content (AvgIpc) is 3.29. The average molecular weight is 534 g/mol. The zero-order valence-corrected chi connectivity index (χ0v) is 18.3. The van der Waals surface area contributed by atoms with Crippen LogP contribution in [0.15, 0.2) is 46.9 Å². The summed E-state index contributed by atoms with van der Waals surface area (Å²) in [4.78, 5) is 24.1. The number of rotatable bonds is 3. The van der Waals surface area contributed by atoms with Crippen LogP contribution in [0.4, 0.5) is 23.2 Å². The molecule has 2 N–H and O–H groups in total. The van der Waals surface area contributed by atoms with Gasteiger partial charge in [0.1, 0.15) is 10.7 Å². The van der Waals surface area contributed by atoms with Crippen LogP contribution in [0.2, 0.25) is 5.02 Å². The molecule has 1 aromatic heterocycles. The van der Waals surface area contributed by atoms with Crippen molar-refractivity contribution in [2.45, 2.75) is 12.2 Å². The van der Waals surface area contributed by atoms with Gasteiger partial charge in [0.15, 0.2) is 0 Å². The van der Waals surface area contributed by atoms with Gasteiger partial charge in [0, 0.05) is 31.9 Å². The zero-order chi connectivity index (χ0) is 22.5. The second kappa shape index (κ2) is 7.92. The number of benzene rings is 2. The molecule has 2 heterocycles. The van der Waals surface area contributed by atoms with Crippen molar-refractivity contribution >= 4 is 56.4 Å². The molecule has 0 saturated carbocycles. The molecule has 0 saturated heterocycles. The number of thiophene rings is 1. The Morgan fingerprint density at radius 3 is 2.58 bits per heavy atom. The fourth-order valence-corrected chi connectivity index (χ4v) is 4.72. The van der Waals surface area contributed by atoms with Crippen molar-refractivity contribution < 1.29 is 27.2 Å². The first-order chi connectivity index (χ1) is 14.5. The summed E-state index contributed by atoms with van der Waals surface area (Å²) in [6, 6.07) is 7.76. The van der Waals surface area contributed by atoms with Gasteiger partial charge in [0.05, 0.1) is 10.9 Å². The molecule has 160 valence electrons. The second-order valence-corrected chi connectivity index (χ2v) is 9.01. The Labute approximate surface area is 190 Å². The molecule has 1 unspecified atom stereocenters. The van der Waals surface area contributed by atoms with Crippen LogP contribution in [0.3, 0.4) is 0 Å². The van der Waals surface area contributed by atoms with E-state index in [1.165, 1.54) is 30.3 Å². The molecule has 4 nitrogen and oxygen atoms in total. The SMILES string of the molecule is O=C(Nc1cc(Br)cc2c1C(c1cc(F)ccc1Cl)NC2=O)c1ccc(C(F)(F)F)s1. The summed E-state index contributed by atoms with van der Waals surface area (Å²) in [5, 5.41) is 5.47. The Balaban J connectivity index is 1.76. The number of amides is 2. The fraction of sp³-hybridized carbons (Fsp3) is 0.100. The predicted molar refractivity (Wildman–Crippen MR) is 112 cm³/mol. The third-order valence-corrected chi connectivity index (χ3v) is 6.51. The first-order valence-corrected chi connectivity index (χ1v) is 10.6. The van der Waals surface area contributed by atoms with E-state index >= 15 is 0 Å². The Hall–Kier alpha value is -2.43. The topological polar surface area (TPSA) is 58.2 Å². The number of carbonyl (C=O) groups excluding carboxylic acids is 2. The number of hydrogen-bond acceptors (Lipinski definition) is 3. The van der Waals surface area contributed by atoms with Crippen LogP contribution in [-0.2, 0) is 6.18 Å². The molecule has 11 heteroatoms. The number of carbonyl (C=O) groups is 2. The van der Waals surface area contributed by atoms with Crippen LogP contribution in [0.1, 0.15) is 42.1 Å². The van der Waals surface area contributed by atoms with E-state index in [1.807, 2.05) is 0 Å². The summed E-state index contributed by atoms with van der Waals surface area (Å²) in [6.07, 6.45) is -4.56. The molecule has 4 rings (SSSR count). The van der Waals surface area contributed by atoms with E-state index in [2.05, 4.69) is 26.6 Å². The monoisotopic (exact) mass is 532 g/mol. The first kappa shape index (κ1) is 21.8. The van der Waals surface area contributed by atoms with E-state index < -0.39 is 34.7 Å². The third kappa shape index (κ3) is 4.19. The smallest absolute Gasteiger partial charge is 0.341 e. The van der Waals surface area contributed by atoms with Crippen molar-refractivity contribution in [1.29, 1.82) is 0 Å². The van der Waals surface area contributed by atoms with Crippen molar-refractivity contribution in [1.82, 2.24) is 5.32 Å². The largest absolute Gasteiger partial charge is 0.425 e. The van der Waals surface area contributed by atoms with E-state index in [0.29, 0.717) is 21.4 Å². The van der Waals surface area contributed by atoms with Crippen molar-refractivity contribution in [2.24, 2.45) is 0 Å². The van der Waals surface area contributed by atoms with E-state index in [9.17, 15) is 27.2 Å². The predicted octanol–water partition coefficient (Wildman–Crippen LogP) is 6.41. The van der Waals surface area contributed by atoms with Gasteiger partial charge >= 0.3 is 6.18 Å². The Morgan fingerprint density at radius 1 is 1.16 bits per heavy atom. The maximum absolute atomic E-state index is 13.8. The highest BCUT2D eigenvalue weighted by molar-refractivity contribution is 9.10. The first-order valence-electron chi connectivity index (χ1n) is 8.62. The van der Waals surface area contributed by atoms with Crippen LogP contribution in [0.5, 0.6) is 0 Å². The van der Waals surface area contributed by atoms with Crippen molar-refractivity contribution in [3.8, 4) is 0 Å². The van der Waals surface area contributed by atoms with Gasteiger partial charge in [0.25, 0.3) is 11.8 Å². The molecule has 0 radical (unpaired) electrons. The molecule has 1 atom stereocenters. The molecule has 1 aliphatic heterocycles. The molecule has 1 aliphatic rings. The van der Waals surface area contributed by atoms with Crippen molar-refractivity contribution in [3.63, 3.8) is 0 Å². The highest BCUT2D eigenvalue weighted by Crippen LogP contribution is 2.41. The van der Waals surface area contributed by atoms with Gasteiger partial charge in [-0.05, 0) is 42.5 Å². The molecule has 3 aromatic rings. The summed E-state index contributed by atoms with van der Waals surface area (Å²) in [6.45, 7) is 0. The maximum atomic E-state index is 13.8. The zero-order valence-electron chi connectivity index (χ0n) is 15.1. The number of fused-ring (bicyclic) bond motifs is 1. The Morgan fingerprint density at radius 2 is 1.90 bits per heavy atom. The molecule has 0 bridgehead atoms. The van der Waals surface area contributed by atoms with Crippen molar-refractivity contribution in [3.05, 3.63) is 84.2 Å². The fourth-order valence-electron chi connectivity index (χ4n) is 3.27. The number of halogens is 6. The Kier molecular flexibility index (Phi) is 5.57. The van der Waals surface area contributed by atoms with Crippen molar-refractivity contribution in [2.75, 3.05) is 5.32 Å². The summed E-state index contributed by atoms with van der Waals surface area (Å²) >= 11 is 9.76. The second-order valence-electron chi connectivity index (χ2n) is 6.60. The lowest BCUT2D eigenvalue weighted by Gasteiger charge is -2.18. The highest BCUT2D eigenvalue weighted by atomic mass is 79.9. The minimum Gasteiger partial charge on any atom is -0.341 e. The number of nitrogens with one attached hydrogen (secondary N) is 2. The van der Waals surface area contributed by atoms with E-state index in [-0.39, 0.29) is 26.7 Å². The van der Waals surface area contributed by atoms with Gasteiger partial charge in [0.2, 0.25) is 0 Å². The third-order valence-electron chi connectivity index (χ3n) is 4.58. The van der Waals surface area contributed by atoms with Gasteiger partial charge in [-0.15, -0.1) is 11.3 Å². The molecular weight excluding hydrogens is 524 g/mol. The van der Waals surface area contributed by atoms with E-state index in [1.54, 1.807) is 0 Å². The lowest BCUT2D eigenvalue weighted by atomic mass is 9.96. The molecule has 0 spiro atoms. The van der Waals surface area contributed by atoms with Crippen LogP contribution >= 0.6 is 38.9 Å². The highest BCUT2D eigenvalue weighted by Gasteiger charge is 2.36. The summed E-state index contributed by atoms with van der Waals surface area (Å²) in [5.41, 5.74) is 1.01. The van der Waals surface area contributed by atoms with Gasteiger partial charge in [-0.25, -0.2) is 4.39 Å². The molecule has 31 heavy (non-hydrogen) atoms. The summed E-state index contributed by atoms with van der Waals surface area (Å²) < 4.78 is 52.9. The molecular formula is C20H10BrClF4N2O2S. The van der Waals surface area contributed by atoms with Crippen LogP contribution in [0.25, 0.3) is 0 Å². The Bertz CT molecular complexity index is 1230. The quantitative estimate of drug-likeness (QED) is 0.383. The van der Waals surface area contributed by atoms with Crippen LogP contribution in [0, 0.1) is 5.82 Å². The van der Waals surface area contributed by atoms with Gasteiger partial charge in [-0.2, -0.15) is 13.2 Å². The van der Waals surface area contributed by atoms with Gasteiger partial charge in [-0.1, -0.05) is 27.5 Å². The number of anilines is 1. The molecule has 0 aliphatic carbocycles. The lowest BCUT2D eigenvalue weighted by molar-refractivity contribution is -0.134. The summed E-state index contributed by atoms with van der Waals surface area (Å²) in [5.74, 6) is -1.81. The molecule has 2 aromatic carbocycles. The van der Waals surface area contributed by atoms with Gasteiger partial charge in [-0.3, -0.25) is 9.59 Å². The number of hydrogen-bond donors (Lipinski definition) is 2. The number of alkyl halides is 3.